The van der Waals surface area contributed by atoms with Gasteiger partial charge in [0, 0.05) is 19.4 Å². The summed E-state index contributed by atoms with van der Waals surface area (Å²) >= 11 is 0. The highest BCUT2D eigenvalue weighted by Crippen LogP contribution is 2.39. The number of ether oxygens (including phenoxy) is 1. The molecule has 0 radical (unpaired) electrons. The van der Waals surface area contributed by atoms with Gasteiger partial charge in [-0.1, -0.05) is 42.5 Å². The van der Waals surface area contributed by atoms with Gasteiger partial charge in [-0.25, -0.2) is 13.8 Å². The normalized spacial score (nSPS) is 13.6. The maximum atomic E-state index is 14.9. The Morgan fingerprint density at radius 3 is 2.14 bits per heavy atom. The van der Waals surface area contributed by atoms with E-state index in [2.05, 4.69) is 19.5 Å². The van der Waals surface area contributed by atoms with Crippen LogP contribution in [0.2, 0.25) is 0 Å². The number of hydrogen-bond acceptors (Lipinski definition) is 4. The molecule has 222 valence electrons. The average Bonchev–Trinajstić information content (AvgIpc) is 3.31. The number of carbonyl (C=O) groups is 1. The molecule has 0 saturated heterocycles. The van der Waals surface area contributed by atoms with Crippen molar-refractivity contribution in [3.63, 3.8) is 0 Å². The second-order valence-corrected chi connectivity index (χ2v) is 9.08. The summed E-state index contributed by atoms with van der Waals surface area (Å²) in [7, 11) is 0. The number of aromatic nitrogens is 1. The first-order chi connectivity index (χ1) is 19.6. The molecule has 0 fully saturated rings. The standard InChI is InChI=1S/C28H19F9N2O3/c1-15-38-22(23(41-15)27(33,34)35)24(40)39-26(14-16-5-3-2-4-6-16,17-7-9-19(29)10-8-17)18-11-20(30)13-21(12-18)42-28(36,37)25(31)32/h2-13,25H,14H2,1H3,(H,39,40). The van der Waals surface area contributed by atoms with Crippen LogP contribution in [0.5, 0.6) is 5.75 Å². The fraction of sp³-hybridized carbons (Fsp3) is 0.214. The molecule has 1 N–H and O–H groups in total. The third kappa shape index (κ3) is 6.52. The molecule has 1 aromatic heterocycles. The molecule has 4 rings (SSSR count). The summed E-state index contributed by atoms with van der Waals surface area (Å²) in [4.78, 5) is 17.0. The van der Waals surface area contributed by atoms with E-state index in [1.807, 2.05) is 0 Å². The summed E-state index contributed by atoms with van der Waals surface area (Å²) in [6.07, 6.45) is -14.9. The van der Waals surface area contributed by atoms with Crippen molar-refractivity contribution in [1.82, 2.24) is 10.3 Å². The predicted octanol–water partition coefficient (Wildman–Crippen LogP) is 7.43. The Morgan fingerprint density at radius 1 is 0.905 bits per heavy atom. The Bertz CT molecular complexity index is 1560. The van der Waals surface area contributed by atoms with Crippen molar-refractivity contribution < 1.29 is 53.5 Å². The molecule has 42 heavy (non-hydrogen) atoms. The molecule has 1 atom stereocenters. The smallest absolute Gasteiger partial charge is 0.436 e. The van der Waals surface area contributed by atoms with Crippen LogP contribution in [-0.4, -0.2) is 23.4 Å². The van der Waals surface area contributed by atoms with Crippen LogP contribution in [0.1, 0.15) is 38.8 Å². The van der Waals surface area contributed by atoms with Gasteiger partial charge in [0.25, 0.3) is 5.91 Å². The minimum absolute atomic E-state index is 0.0490. The van der Waals surface area contributed by atoms with Crippen molar-refractivity contribution in [2.45, 2.75) is 37.6 Å². The van der Waals surface area contributed by atoms with Crippen LogP contribution in [0.4, 0.5) is 39.5 Å². The lowest BCUT2D eigenvalue weighted by atomic mass is 9.77. The van der Waals surface area contributed by atoms with Crippen LogP contribution >= 0.6 is 0 Å². The van der Waals surface area contributed by atoms with Gasteiger partial charge in [-0.05, 0) is 41.0 Å². The Labute approximate surface area is 231 Å². The molecule has 0 aliphatic carbocycles. The zero-order valence-electron chi connectivity index (χ0n) is 21.3. The average molecular weight is 602 g/mol. The van der Waals surface area contributed by atoms with Crippen molar-refractivity contribution in [2.75, 3.05) is 0 Å². The first kappa shape index (κ1) is 30.5. The molecule has 1 heterocycles. The summed E-state index contributed by atoms with van der Waals surface area (Å²) in [5, 5.41) is 2.37. The van der Waals surface area contributed by atoms with E-state index in [9.17, 15) is 44.3 Å². The molecule has 14 heteroatoms. The number of nitrogens with one attached hydrogen (secondary N) is 1. The number of halogens is 9. The molecule has 0 aliphatic rings. The third-order valence-corrected chi connectivity index (χ3v) is 6.05. The van der Waals surface area contributed by atoms with Gasteiger partial charge < -0.3 is 14.5 Å². The number of amides is 1. The van der Waals surface area contributed by atoms with Gasteiger partial charge >= 0.3 is 18.7 Å². The largest absolute Gasteiger partial charge is 0.461 e. The third-order valence-electron chi connectivity index (χ3n) is 6.05. The number of aryl methyl sites for hydroxylation is 1. The van der Waals surface area contributed by atoms with E-state index in [0.29, 0.717) is 17.7 Å². The quantitative estimate of drug-likeness (QED) is 0.203. The van der Waals surface area contributed by atoms with E-state index in [4.69, 9.17) is 0 Å². The summed E-state index contributed by atoms with van der Waals surface area (Å²) in [5.41, 5.74) is -3.41. The maximum Gasteiger partial charge on any atom is 0.461 e. The van der Waals surface area contributed by atoms with Gasteiger partial charge in [0.1, 0.15) is 17.4 Å². The number of nitrogens with zero attached hydrogens (tertiary/aromatic N) is 1. The first-order valence-electron chi connectivity index (χ1n) is 11.9. The second kappa shape index (κ2) is 11.4. The molecule has 5 nitrogen and oxygen atoms in total. The molecule has 0 saturated carbocycles. The zero-order valence-corrected chi connectivity index (χ0v) is 21.3. The highest BCUT2D eigenvalue weighted by molar-refractivity contribution is 5.94. The Balaban J connectivity index is 1.97. The van der Waals surface area contributed by atoms with Crippen LogP contribution in [0.15, 0.2) is 77.2 Å². The van der Waals surface area contributed by atoms with Crippen LogP contribution < -0.4 is 10.1 Å². The van der Waals surface area contributed by atoms with Crippen molar-refractivity contribution >= 4 is 5.91 Å². The number of hydrogen-bond donors (Lipinski definition) is 1. The Morgan fingerprint density at radius 2 is 1.55 bits per heavy atom. The van der Waals surface area contributed by atoms with Crippen molar-refractivity contribution in [2.24, 2.45) is 0 Å². The number of carbonyl (C=O) groups excluding carboxylic acids is 1. The summed E-state index contributed by atoms with van der Waals surface area (Å²) in [6, 6.07) is 13.8. The predicted molar refractivity (Wildman–Crippen MR) is 129 cm³/mol. The topological polar surface area (TPSA) is 64.4 Å². The summed E-state index contributed by atoms with van der Waals surface area (Å²) < 4.78 is 132. The molecule has 0 spiro atoms. The molecule has 3 aromatic carbocycles. The van der Waals surface area contributed by atoms with Crippen LogP contribution in [0.25, 0.3) is 0 Å². The number of alkyl halides is 7. The molecule has 0 aliphatic heterocycles. The van der Waals surface area contributed by atoms with E-state index in [1.165, 1.54) is 12.1 Å². The number of rotatable bonds is 9. The van der Waals surface area contributed by atoms with Gasteiger partial charge in [-0.2, -0.15) is 30.7 Å². The summed E-state index contributed by atoms with van der Waals surface area (Å²) in [5.74, 6) is -6.87. The van der Waals surface area contributed by atoms with E-state index in [-0.39, 0.29) is 12.0 Å². The fourth-order valence-electron chi connectivity index (χ4n) is 4.29. The monoisotopic (exact) mass is 602 g/mol. The molecule has 1 amide bonds. The van der Waals surface area contributed by atoms with Crippen molar-refractivity contribution in [1.29, 1.82) is 0 Å². The first-order valence-corrected chi connectivity index (χ1v) is 11.9. The van der Waals surface area contributed by atoms with E-state index in [1.54, 1.807) is 18.2 Å². The lowest BCUT2D eigenvalue weighted by molar-refractivity contribution is -0.253. The molecule has 0 bridgehead atoms. The Hall–Kier alpha value is -4.49. The summed E-state index contributed by atoms with van der Waals surface area (Å²) in [6.45, 7) is 1.06. The van der Waals surface area contributed by atoms with E-state index in [0.717, 1.165) is 37.3 Å². The van der Waals surface area contributed by atoms with Gasteiger partial charge in [0.15, 0.2) is 11.6 Å². The van der Waals surface area contributed by atoms with Crippen LogP contribution in [-0.2, 0) is 18.1 Å². The van der Waals surface area contributed by atoms with Crippen LogP contribution in [0, 0.1) is 18.6 Å². The van der Waals surface area contributed by atoms with E-state index < -0.39 is 70.4 Å². The number of oxazole rings is 1. The SMILES string of the molecule is Cc1nc(C(=O)NC(Cc2ccccc2)(c2ccc(F)cc2)c2cc(F)cc(OC(F)(F)C(F)F)c2)c(C(F)(F)F)o1. The highest BCUT2D eigenvalue weighted by Gasteiger charge is 2.46. The fourth-order valence-corrected chi connectivity index (χ4v) is 4.29. The Kier molecular flexibility index (Phi) is 8.28. The van der Waals surface area contributed by atoms with Gasteiger partial charge in [0.05, 0.1) is 5.54 Å². The van der Waals surface area contributed by atoms with Gasteiger partial charge in [-0.3, -0.25) is 4.79 Å². The lowest BCUT2D eigenvalue weighted by Gasteiger charge is -2.37. The molecule has 1 unspecified atom stereocenters. The molecular weight excluding hydrogens is 583 g/mol. The second-order valence-electron chi connectivity index (χ2n) is 9.08. The number of benzene rings is 3. The minimum atomic E-state index is -5.16. The van der Waals surface area contributed by atoms with E-state index >= 15 is 0 Å². The van der Waals surface area contributed by atoms with Crippen molar-refractivity contribution in [3.05, 3.63) is 118 Å². The zero-order chi connectivity index (χ0) is 30.9. The van der Waals surface area contributed by atoms with Crippen LogP contribution in [0.3, 0.4) is 0 Å². The molecular formula is C28H19F9N2O3. The molecule has 4 aromatic rings. The maximum absolute atomic E-state index is 14.9. The van der Waals surface area contributed by atoms with Gasteiger partial charge in [-0.15, -0.1) is 0 Å². The highest BCUT2D eigenvalue weighted by atomic mass is 19.4. The van der Waals surface area contributed by atoms with Crippen molar-refractivity contribution in [3.8, 4) is 5.75 Å². The van der Waals surface area contributed by atoms with Gasteiger partial charge in [0.2, 0.25) is 5.76 Å². The minimum Gasteiger partial charge on any atom is -0.436 e. The lowest BCUT2D eigenvalue weighted by Crippen LogP contribution is -2.49.